The molecule has 0 atom stereocenters. The number of aldehydes is 1. The van der Waals surface area contributed by atoms with E-state index in [9.17, 15) is 4.79 Å². The van der Waals surface area contributed by atoms with Gasteiger partial charge < -0.3 is 0 Å². The molecule has 0 bridgehead atoms. The molecule has 1 aromatic heterocycles. The van der Waals surface area contributed by atoms with Crippen LogP contribution in [0.15, 0.2) is 48.7 Å². The summed E-state index contributed by atoms with van der Waals surface area (Å²) in [5.74, 6) is 0. The monoisotopic (exact) mass is 222 g/mol. The first-order valence-corrected chi connectivity index (χ1v) is 5.35. The molecule has 1 N–H and O–H groups in total. The maximum Gasteiger partial charge on any atom is 0.150 e. The van der Waals surface area contributed by atoms with E-state index in [0.29, 0.717) is 5.56 Å². The number of hydrogen-bond acceptors (Lipinski definition) is 2. The number of aromatic nitrogens is 2. The fraction of sp³-hybridized carbons (Fsp3) is 0. The van der Waals surface area contributed by atoms with Gasteiger partial charge in [0, 0.05) is 10.9 Å². The van der Waals surface area contributed by atoms with E-state index >= 15 is 0 Å². The van der Waals surface area contributed by atoms with E-state index in [2.05, 4.69) is 16.3 Å². The van der Waals surface area contributed by atoms with E-state index in [4.69, 9.17) is 0 Å². The minimum atomic E-state index is 0.691. The van der Waals surface area contributed by atoms with E-state index in [1.54, 1.807) is 6.20 Å². The lowest BCUT2D eigenvalue weighted by atomic mass is 10.0. The summed E-state index contributed by atoms with van der Waals surface area (Å²) < 4.78 is 0. The van der Waals surface area contributed by atoms with Crippen molar-refractivity contribution in [3.05, 3.63) is 54.2 Å². The molecule has 3 heteroatoms. The van der Waals surface area contributed by atoms with E-state index in [-0.39, 0.29) is 0 Å². The van der Waals surface area contributed by atoms with Gasteiger partial charge in [-0.1, -0.05) is 36.4 Å². The van der Waals surface area contributed by atoms with Crippen LogP contribution < -0.4 is 0 Å². The molecule has 0 spiro atoms. The molecule has 1 heterocycles. The third-order valence-corrected chi connectivity index (χ3v) is 2.82. The maximum atomic E-state index is 10.6. The van der Waals surface area contributed by atoms with E-state index in [0.717, 1.165) is 28.3 Å². The van der Waals surface area contributed by atoms with Crippen molar-refractivity contribution in [2.45, 2.75) is 0 Å². The Morgan fingerprint density at radius 2 is 1.76 bits per heavy atom. The van der Waals surface area contributed by atoms with Gasteiger partial charge in [0.25, 0.3) is 0 Å². The van der Waals surface area contributed by atoms with Crippen LogP contribution in [-0.4, -0.2) is 16.5 Å². The van der Waals surface area contributed by atoms with Gasteiger partial charge in [0.1, 0.15) is 6.29 Å². The number of H-pyrrole nitrogens is 1. The van der Waals surface area contributed by atoms with E-state index in [1.807, 2.05) is 36.4 Å². The average molecular weight is 222 g/mol. The first kappa shape index (κ1) is 9.78. The van der Waals surface area contributed by atoms with Crippen LogP contribution in [0.4, 0.5) is 0 Å². The average Bonchev–Trinajstić information content (AvgIpc) is 2.86. The summed E-state index contributed by atoms with van der Waals surface area (Å²) in [4.78, 5) is 10.6. The Morgan fingerprint density at radius 3 is 2.53 bits per heavy atom. The number of carbonyl (C=O) groups is 1. The zero-order valence-corrected chi connectivity index (χ0v) is 9.05. The van der Waals surface area contributed by atoms with E-state index < -0.39 is 0 Å². The number of fused-ring (bicyclic) bond motifs is 1. The maximum absolute atomic E-state index is 10.6. The number of rotatable bonds is 2. The molecule has 0 saturated heterocycles. The van der Waals surface area contributed by atoms with Gasteiger partial charge in [-0.15, -0.1) is 0 Å². The third-order valence-electron chi connectivity index (χ3n) is 2.82. The molecule has 3 rings (SSSR count). The molecule has 0 fully saturated rings. The Bertz CT molecular complexity index is 668. The Labute approximate surface area is 98.1 Å². The Morgan fingerprint density at radius 1 is 1.00 bits per heavy atom. The summed E-state index contributed by atoms with van der Waals surface area (Å²) in [5, 5.41) is 8.03. The summed E-state index contributed by atoms with van der Waals surface area (Å²) in [7, 11) is 0. The van der Waals surface area contributed by atoms with Crippen LogP contribution in [0.2, 0.25) is 0 Å². The summed E-state index contributed by atoms with van der Waals surface area (Å²) in [6, 6.07) is 13.7. The Kier molecular flexibility index (Phi) is 2.22. The van der Waals surface area contributed by atoms with Crippen LogP contribution in [0.25, 0.3) is 22.0 Å². The second-order valence-corrected chi connectivity index (χ2v) is 3.91. The number of benzene rings is 2. The molecule has 0 saturated carbocycles. The third kappa shape index (κ3) is 1.72. The largest absolute Gasteiger partial charge is 0.298 e. The van der Waals surface area contributed by atoms with Gasteiger partial charge >= 0.3 is 0 Å². The van der Waals surface area contributed by atoms with Crippen molar-refractivity contribution in [1.82, 2.24) is 10.2 Å². The zero-order chi connectivity index (χ0) is 11.7. The van der Waals surface area contributed by atoms with Crippen molar-refractivity contribution in [2.75, 3.05) is 0 Å². The number of nitrogens with one attached hydrogen (secondary N) is 1. The van der Waals surface area contributed by atoms with Crippen LogP contribution >= 0.6 is 0 Å². The fourth-order valence-electron chi connectivity index (χ4n) is 1.87. The fourth-order valence-corrected chi connectivity index (χ4v) is 1.87. The minimum Gasteiger partial charge on any atom is -0.298 e. The molecule has 0 aliphatic carbocycles. The Hall–Kier alpha value is -2.42. The zero-order valence-electron chi connectivity index (χ0n) is 9.05. The minimum absolute atomic E-state index is 0.691. The Balaban J connectivity index is 2.09. The second-order valence-electron chi connectivity index (χ2n) is 3.91. The summed E-state index contributed by atoms with van der Waals surface area (Å²) in [5.41, 5.74) is 3.91. The summed E-state index contributed by atoms with van der Waals surface area (Å²) >= 11 is 0. The molecule has 0 radical (unpaired) electrons. The SMILES string of the molecule is O=Cc1ccc(-c2ccc3cn[nH]c3c2)cc1. The van der Waals surface area contributed by atoms with Crippen LogP contribution in [0, 0.1) is 0 Å². The van der Waals surface area contributed by atoms with Crippen LogP contribution in [-0.2, 0) is 0 Å². The van der Waals surface area contributed by atoms with Gasteiger partial charge in [0.2, 0.25) is 0 Å². The molecule has 82 valence electrons. The number of hydrogen-bond donors (Lipinski definition) is 1. The molecule has 2 aromatic carbocycles. The predicted molar refractivity (Wildman–Crippen MR) is 66.9 cm³/mol. The molecular formula is C14H10N2O. The smallest absolute Gasteiger partial charge is 0.150 e. The van der Waals surface area contributed by atoms with Gasteiger partial charge in [0.15, 0.2) is 0 Å². The van der Waals surface area contributed by atoms with Crippen molar-refractivity contribution in [1.29, 1.82) is 0 Å². The summed E-state index contributed by atoms with van der Waals surface area (Å²) in [6.45, 7) is 0. The lowest BCUT2D eigenvalue weighted by Crippen LogP contribution is -1.81. The van der Waals surface area contributed by atoms with Crippen molar-refractivity contribution in [3.8, 4) is 11.1 Å². The highest BCUT2D eigenvalue weighted by Crippen LogP contribution is 2.23. The number of aromatic amines is 1. The van der Waals surface area contributed by atoms with Gasteiger partial charge in [-0.2, -0.15) is 5.10 Å². The molecule has 17 heavy (non-hydrogen) atoms. The lowest BCUT2D eigenvalue weighted by Gasteiger charge is -2.01. The lowest BCUT2D eigenvalue weighted by molar-refractivity contribution is 0.112. The molecule has 0 aliphatic heterocycles. The predicted octanol–water partition coefficient (Wildman–Crippen LogP) is 3.04. The van der Waals surface area contributed by atoms with Gasteiger partial charge in [-0.05, 0) is 17.2 Å². The highest BCUT2D eigenvalue weighted by Gasteiger charge is 2.01. The number of nitrogens with zero attached hydrogens (tertiary/aromatic N) is 1. The molecular weight excluding hydrogens is 212 g/mol. The highest BCUT2D eigenvalue weighted by atomic mass is 16.1. The molecule has 0 unspecified atom stereocenters. The molecule has 3 aromatic rings. The van der Waals surface area contributed by atoms with Crippen LogP contribution in [0.1, 0.15) is 10.4 Å². The highest BCUT2D eigenvalue weighted by molar-refractivity contribution is 5.84. The molecule has 0 aliphatic rings. The first-order valence-electron chi connectivity index (χ1n) is 5.35. The van der Waals surface area contributed by atoms with Gasteiger partial charge in [0.05, 0.1) is 11.7 Å². The summed E-state index contributed by atoms with van der Waals surface area (Å²) in [6.07, 6.45) is 2.65. The quantitative estimate of drug-likeness (QED) is 0.677. The number of carbonyl (C=O) groups excluding carboxylic acids is 1. The van der Waals surface area contributed by atoms with Crippen LogP contribution in [0.3, 0.4) is 0 Å². The second kappa shape index (κ2) is 3.87. The van der Waals surface area contributed by atoms with Gasteiger partial charge in [-0.25, -0.2) is 0 Å². The van der Waals surface area contributed by atoms with Crippen LogP contribution in [0.5, 0.6) is 0 Å². The van der Waals surface area contributed by atoms with Crippen molar-refractivity contribution >= 4 is 17.2 Å². The standard InChI is InChI=1S/C14H10N2O/c17-9-10-1-3-11(4-2-10)12-5-6-13-8-15-16-14(13)7-12/h1-9H,(H,15,16). The molecule has 0 amide bonds. The normalized spacial score (nSPS) is 10.6. The van der Waals surface area contributed by atoms with Crippen molar-refractivity contribution in [2.24, 2.45) is 0 Å². The van der Waals surface area contributed by atoms with Crippen molar-refractivity contribution < 1.29 is 4.79 Å². The van der Waals surface area contributed by atoms with Gasteiger partial charge in [-0.3, -0.25) is 9.89 Å². The topological polar surface area (TPSA) is 45.8 Å². The first-order chi connectivity index (χ1) is 8.36. The molecule has 3 nitrogen and oxygen atoms in total. The van der Waals surface area contributed by atoms with Crippen molar-refractivity contribution in [3.63, 3.8) is 0 Å². The van der Waals surface area contributed by atoms with E-state index in [1.165, 1.54) is 0 Å².